The van der Waals surface area contributed by atoms with Gasteiger partial charge in [0.15, 0.2) is 5.70 Å². The molecule has 0 aromatic carbocycles. The summed E-state index contributed by atoms with van der Waals surface area (Å²) in [6, 6.07) is 2.06. The van der Waals surface area contributed by atoms with Gasteiger partial charge in [-0.1, -0.05) is 6.08 Å². The summed E-state index contributed by atoms with van der Waals surface area (Å²) in [4.78, 5) is 17.8. The summed E-state index contributed by atoms with van der Waals surface area (Å²) >= 11 is 1.53. The lowest BCUT2D eigenvalue weighted by atomic mass is 10.1. The first kappa shape index (κ1) is 15.5. The van der Waals surface area contributed by atoms with Crippen LogP contribution in [0.4, 0.5) is 0 Å². The first-order valence-corrected chi connectivity index (χ1v) is 7.93. The van der Waals surface area contributed by atoms with Crippen molar-refractivity contribution >= 4 is 35.8 Å². The van der Waals surface area contributed by atoms with Crippen molar-refractivity contribution in [3.63, 3.8) is 0 Å². The highest BCUT2D eigenvalue weighted by atomic mass is 32.1. The monoisotopic (exact) mass is 329 g/mol. The molecule has 0 spiro atoms. The van der Waals surface area contributed by atoms with Crippen LogP contribution in [0, 0.1) is 17.8 Å². The maximum Gasteiger partial charge on any atom is 0.438 e. The molecule has 1 aromatic heterocycles. The summed E-state index contributed by atoms with van der Waals surface area (Å²) in [6.45, 7) is 0.239. The molecule has 118 valence electrons. The van der Waals surface area contributed by atoms with Crippen LogP contribution < -0.4 is 4.98 Å². The predicted molar refractivity (Wildman–Crippen MR) is 85.4 cm³/mol. The zero-order chi connectivity index (χ0) is 16.2. The lowest BCUT2D eigenvalue weighted by Crippen LogP contribution is -2.29. The number of hydrogen-bond acceptors (Lipinski definition) is 4. The van der Waals surface area contributed by atoms with Crippen LogP contribution in [-0.2, 0) is 14.3 Å². The smallest absolute Gasteiger partial charge is 0.438 e. The number of carbonyl (C=O) groups excluding carboxylic acids is 1. The molecule has 23 heavy (non-hydrogen) atoms. The second kappa shape index (κ2) is 6.77. The standard InChI is InChI=1S/C16H15N3O3S/c1-21-9-13-16(20)19(10-22-13)11-5-6-12-14(8-11)23-15(18-12)4-2-3-7-17/h2,4,6,8,10,13H,3,5,9H2,1H3. The SMILES string of the molecule is COCC1OC=[N+](C2=Cc3[s+]c(C=CCC#N)[n-]c3[CH-]C2)C1=O. The minimum atomic E-state index is -0.576. The molecule has 0 fully saturated rings. The molecule has 3 rings (SSSR count). The summed E-state index contributed by atoms with van der Waals surface area (Å²) in [5.74, 6) is -0.117. The van der Waals surface area contributed by atoms with Gasteiger partial charge in [0.05, 0.1) is 24.0 Å². The fourth-order valence-electron chi connectivity index (χ4n) is 2.35. The number of ether oxygens (including phenoxy) is 2. The molecule has 0 saturated heterocycles. The van der Waals surface area contributed by atoms with Crippen molar-refractivity contribution in [2.45, 2.75) is 18.9 Å². The van der Waals surface area contributed by atoms with Gasteiger partial charge in [0.25, 0.3) is 6.10 Å². The van der Waals surface area contributed by atoms with Gasteiger partial charge >= 0.3 is 12.3 Å². The van der Waals surface area contributed by atoms with E-state index < -0.39 is 6.10 Å². The van der Waals surface area contributed by atoms with Crippen LogP contribution in [0.1, 0.15) is 28.4 Å². The van der Waals surface area contributed by atoms with Gasteiger partial charge in [-0.3, -0.25) is 0 Å². The van der Waals surface area contributed by atoms with Crippen molar-refractivity contribution in [2.24, 2.45) is 0 Å². The molecule has 6 nitrogen and oxygen atoms in total. The molecule has 0 radical (unpaired) electrons. The quantitative estimate of drug-likeness (QED) is 0.468. The topological polar surface area (TPSA) is 76.4 Å². The van der Waals surface area contributed by atoms with Crippen LogP contribution in [0.5, 0.6) is 0 Å². The summed E-state index contributed by atoms with van der Waals surface area (Å²) in [7, 11) is 1.54. The molecule has 1 amide bonds. The number of rotatable bonds is 5. The normalized spacial score (nSPS) is 19.7. The molecule has 1 aromatic rings. The van der Waals surface area contributed by atoms with Gasteiger partial charge in [0.2, 0.25) is 0 Å². The van der Waals surface area contributed by atoms with E-state index in [1.54, 1.807) is 6.08 Å². The van der Waals surface area contributed by atoms with Crippen molar-refractivity contribution in [3.8, 4) is 6.07 Å². The molecule has 1 unspecified atom stereocenters. The third kappa shape index (κ3) is 3.18. The summed E-state index contributed by atoms with van der Waals surface area (Å²) in [5.41, 5.74) is 1.77. The summed E-state index contributed by atoms with van der Waals surface area (Å²) < 4.78 is 11.9. The summed E-state index contributed by atoms with van der Waals surface area (Å²) in [6.07, 6.45) is 9.44. The molecule has 0 N–H and O–H groups in total. The van der Waals surface area contributed by atoms with E-state index >= 15 is 0 Å². The maximum atomic E-state index is 12.3. The highest BCUT2D eigenvalue weighted by Crippen LogP contribution is 2.31. The zero-order valence-electron chi connectivity index (χ0n) is 12.6. The Labute approximate surface area is 138 Å². The highest BCUT2D eigenvalue weighted by Gasteiger charge is 2.39. The van der Waals surface area contributed by atoms with Crippen LogP contribution in [-0.4, -0.2) is 36.7 Å². The number of hydrogen-bond donors (Lipinski definition) is 0. The van der Waals surface area contributed by atoms with Crippen LogP contribution >= 0.6 is 11.3 Å². The number of nitriles is 1. The number of amides is 1. The van der Waals surface area contributed by atoms with E-state index in [1.165, 1.54) is 29.4 Å². The van der Waals surface area contributed by atoms with Gasteiger partial charge < -0.3 is 14.5 Å². The van der Waals surface area contributed by atoms with Gasteiger partial charge in [-0.2, -0.15) is 5.26 Å². The van der Waals surface area contributed by atoms with Crippen molar-refractivity contribution < 1.29 is 18.8 Å². The molecule has 1 aliphatic carbocycles. The number of allylic oxidation sites excluding steroid dienone is 2. The predicted octanol–water partition coefficient (Wildman–Crippen LogP) is 1.82. The Morgan fingerprint density at radius 1 is 1.70 bits per heavy atom. The fourth-order valence-corrected chi connectivity index (χ4v) is 3.31. The molecule has 2 heterocycles. The maximum absolute atomic E-state index is 12.3. The number of thiazole rings is 1. The zero-order valence-corrected chi connectivity index (χ0v) is 13.4. The van der Waals surface area contributed by atoms with E-state index in [9.17, 15) is 4.79 Å². The number of aromatic nitrogens is 1. The second-order valence-electron chi connectivity index (χ2n) is 5.00. The summed E-state index contributed by atoms with van der Waals surface area (Å²) in [5, 5.41) is 9.40. The Balaban J connectivity index is 1.79. The Morgan fingerprint density at radius 2 is 2.57 bits per heavy atom. The van der Waals surface area contributed by atoms with E-state index in [0.717, 1.165) is 21.3 Å². The van der Waals surface area contributed by atoms with E-state index in [4.69, 9.17) is 14.7 Å². The number of carbonyl (C=O) groups is 1. The number of methoxy groups -OCH3 is 1. The molecule has 1 aliphatic heterocycles. The molecular weight excluding hydrogens is 314 g/mol. The molecule has 7 heteroatoms. The molecule has 1 atom stereocenters. The lowest BCUT2D eigenvalue weighted by molar-refractivity contribution is -0.392. The molecule has 0 bridgehead atoms. The Hall–Kier alpha value is -2.43. The Morgan fingerprint density at radius 3 is 3.35 bits per heavy atom. The average molecular weight is 329 g/mol. The molecule has 0 saturated carbocycles. The van der Waals surface area contributed by atoms with E-state index in [0.29, 0.717) is 12.8 Å². The lowest BCUT2D eigenvalue weighted by Gasteiger charge is -2.18. The number of nitrogens with zero attached hydrogens (tertiary/aromatic N) is 3. The first-order valence-electron chi connectivity index (χ1n) is 7.12. The van der Waals surface area contributed by atoms with Crippen molar-refractivity contribution in [1.29, 1.82) is 5.26 Å². The van der Waals surface area contributed by atoms with E-state index in [2.05, 4.69) is 11.1 Å². The van der Waals surface area contributed by atoms with Crippen LogP contribution in [0.3, 0.4) is 0 Å². The third-order valence-corrected chi connectivity index (χ3v) is 4.42. The minimum absolute atomic E-state index is 0.117. The Bertz CT molecular complexity index is 755. The average Bonchev–Trinajstić information content (AvgIpc) is 3.11. The van der Waals surface area contributed by atoms with Gasteiger partial charge in [0.1, 0.15) is 16.3 Å². The first-order chi connectivity index (χ1) is 11.2. The fraction of sp³-hybridized carbons (Fsp3) is 0.312. The molecule has 2 aliphatic rings. The van der Waals surface area contributed by atoms with Crippen molar-refractivity contribution in [1.82, 2.24) is 4.98 Å². The van der Waals surface area contributed by atoms with Gasteiger partial charge in [0, 0.05) is 7.11 Å². The van der Waals surface area contributed by atoms with Gasteiger partial charge in [-0.15, -0.1) is 4.58 Å². The van der Waals surface area contributed by atoms with Crippen molar-refractivity contribution in [2.75, 3.05) is 13.7 Å². The largest absolute Gasteiger partial charge is 0.635 e. The second-order valence-corrected chi connectivity index (χ2v) is 6.07. The third-order valence-electron chi connectivity index (χ3n) is 3.44. The van der Waals surface area contributed by atoms with Gasteiger partial charge in [-0.25, -0.2) is 16.9 Å². The molecular formula is C16H15N3O3S. The number of fused-ring (bicyclic) bond motifs is 1. The van der Waals surface area contributed by atoms with Crippen LogP contribution in [0.15, 0.2) is 11.8 Å². The van der Waals surface area contributed by atoms with Gasteiger partial charge in [-0.05, 0) is 18.6 Å². The Kier molecular flexibility index (Phi) is 4.55. The highest BCUT2D eigenvalue weighted by molar-refractivity contribution is 7.13. The van der Waals surface area contributed by atoms with E-state index in [1.807, 2.05) is 18.6 Å². The van der Waals surface area contributed by atoms with E-state index in [-0.39, 0.29) is 12.5 Å². The minimum Gasteiger partial charge on any atom is -0.635 e. The van der Waals surface area contributed by atoms with Crippen molar-refractivity contribution in [3.05, 3.63) is 33.8 Å². The van der Waals surface area contributed by atoms with Crippen LogP contribution in [0.25, 0.3) is 12.2 Å². The van der Waals surface area contributed by atoms with Crippen LogP contribution in [0.2, 0.25) is 0 Å².